The van der Waals surface area contributed by atoms with Gasteiger partial charge in [0.05, 0.1) is 0 Å². The second-order valence-electron chi connectivity index (χ2n) is 7.11. The molecule has 1 N–H and O–H groups in total. The van der Waals surface area contributed by atoms with Crippen molar-refractivity contribution >= 4 is 5.91 Å². The highest BCUT2D eigenvalue weighted by Gasteiger charge is 2.29. The van der Waals surface area contributed by atoms with Gasteiger partial charge in [-0.25, -0.2) is 0 Å². The summed E-state index contributed by atoms with van der Waals surface area (Å²) in [5.74, 6) is -0.188. The molecule has 1 saturated carbocycles. The standard InChI is InChI=1S/C19H29N3O2/c1-4-16-18(19(24)20-14-8-9-14)17(23)11-13(3)22(16)12-15-7-6-10-21(15)5-2/h11,14-15H,4-10,12H2,1-3H3,(H,20,24)/t15-/m1/s1. The molecule has 0 unspecified atom stereocenters. The van der Waals surface area contributed by atoms with Crippen molar-refractivity contribution in [2.24, 2.45) is 0 Å². The number of nitrogens with zero attached hydrogens (tertiary/aromatic N) is 2. The first-order valence-electron chi connectivity index (χ1n) is 9.33. The lowest BCUT2D eigenvalue weighted by molar-refractivity contribution is 0.0947. The lowest BCUT2D eigenvalue weighted by Gasteiger charge is -2.27. The molecule has 5 nitrogen and oxygen atoms in total. The summed E-state index contributed by atoms with van der Waals surface area (Å²) in [6, 6.07) is 2.40. The molecule has 24 heavy (non-hydrogen) atoms. The second-order valence-corrected chi connectivity index (χ2v) is 7.11. The summed E-state index contributed by atoms with van der Waals surface area (Å²) < 4.78 is 2.21. The zero-order valence-corrected chi connectivity index (χ0v) is 15.1. The predicted octanol–water partition coefficient (Wildman–Crippen LogP) is 2.10. The summed E-state index contributed by atoms with van der Waals surface area (Å²) in [4.78, 5) is 27.6. The Balaban J connectivity index is 1.95. The number of hydrogen-bond donors (Lipinski definition) is 1. The van der Waals surface area contributed by atoms with Gasteiger partial charge in [0.1, 0.15) is 5.56 Å². The summed E-state index contributed by atoms with van der Waals surface area (Å²) in [7, 11) is 0. The Labute approximate surface area is 144 Å². The minimum atomic E-state index is -0.188. The molecule has 1 aromatic heterocycles. The molecule has 0 bridgehead atoms. The molecular weight excluding hydrogens is 302 g/mol. The fraction of sp³-hybridized carbons (Fsp3) is 0.684. The fourth-order valence-corrected chi connectivity index (χ4v) is 3.91. The van der Waals surface area contributed by atoms with Crippen LogP contribution in [0.5, 0.6) is 0 Å². The average molecular weight is 331 g/mol. The molecule has 2 heterocycles. The van der Waals surface area contributed by atoms with Crippen molar-refractivity contribution in [2.45, 2.75) is 71.5 Å². The first-order chi connectivity index (χ1) is 11.5. The zero-order valence-electron chi connectivity index (χ0n) is 15.1. The first kappa shape index (κ1) is 17.2. The highest BCUT2D eigenvalue weighted by Crippen LogP contribution is 2.22. The number of aryl methyl sites for hydroxylation is 1. The van der Waals surface area contributed by atoms with Gasteiger partial charge in [-0.1, -0.05) is 13.8 Å². The van der Waals surface area contributed by atoms with Crippen LogP contribution in [0.15, 0.2) is 10.9 Å². The molecule has 5 heteroatoms. The molecule has 1 aliphatic carbocycles. The van der Waals surface area contributed by atoms with Crippen LogP contribution in [-0.2, 0) is 13.0 Å². The SMILES string of the molecule is CCc1c(C(=O)NC2CC2)c(=O)cc(C)n1C[C@H]1CCCN1CC. The van der Waals surface area contributed by atoms with Crippen molar-refractivity contribution < 1.29 is 4.79 Å². The van der Waals surface area contributed by atoms with Crippen LogP contribution in [0.3, 0.4) is 0 Å². The molecule has 1 atom stereocenters. The normalized spacial score (nSPS) is 21.2. The van der Waals surface area contributed by atoms with Gasteiger partial charge in [-0.2, -0.15) is 0 Å². The smallest absolute Gasteiger partial charge is 0.257 e. The monoisotopic (exact) mass is 331 g/mol. The minimum Gasteiger partial charge on any atom is -0.349 e. The number of likely N-dealkylation sites (N-methyl/N-ethyl adjacent to an activating group) is 1. The van der Waals surface area contributed by atoms with Gasteiger partial charge in [0, 0.05) is 36.1 Å². The maximum atomic E-state index is 12.6. The quantitative estimate of drug-likeness (QED) is 0.868. The van der Waals surface area contributed by atoms with Crippen molar-refractivity contribution in [3.05, 3.63) is 33.2 Å². The van der Waals surface area contributed by atoms with E-state index in [0.29, 0.717) is 18.0 Å². The predicted molar refractivity (Wildman–Crippen MR) is 95.6 cm³/mol. The van der Waals surface area contributed by atoms with Gasteiger partial charge in [0.2, 0.25) is 0 Å². The Morgan fingerprint density at radius 2 is 2.04 bits per heavy atom. The highest BCUT2D eigenvalue weighted by molar-refractivity contribution is 5.95. The third kappa shape index (κ3) is 3.41. The molecule has 1 aromatic rings. The van der Waals surface area contributed by atoms with E-state index in [1.807, 2.05) is 13.8 Å². The van der Waals surface area contributed by atoms with Crippen LogP contribution in [-0.4, -0.2) is 40.5 Å². The number of nitrogens with one attached hydrogen (secondary N) is 1. The maximum Gasteiger partial charge on any atom is 0.257 e. The summed E-state index contributed by atoms with van der Waals surface area (Å²) in [5, 5.41) is 2.98. The van der Waals surface area contributed by atoms with E-state index in [4.69, 9.17) is 0 Å². The fourth-order valence-electron chi connectivity index (χ4n) is 3.91. The summed E-state index contributed by atoms with van der Waals surface area (Å²) in [6.07, 6.45) is 5.17. The van der Waals surface area contributed by atoms with Gasteiger partial charge in [0.15, 0.2) is 5.43 Å². The Morgan fingerprint density at radius 3 is 2.67 bits per heavy atom. The van der Waals surface area contributed by atoms with E-state index in [1.54, 1.807) is 6.07 Å². The Bertz CT molecular complexity index is 676. The van der Waals surface area contributed by atoms with Crippen LogP contribution < -0.4 is 10.7 Å². The van der Waals surface area contributed by atoms with Gasteiger partial charge in [-0.15, -0.1) is 0 Å². The van der Waals surface area contributed by atoms with Crippen LogP contribution in [0, 0.1) is 6.92 Å². The van der Waals surface area contributed by atoms with E-state index in [1.165, 1.54) is 12.8 Å². The van der Waals surface area contributed by atoms with E-state index in [9.17, 15) is 9.59 Å². The molecule has 132 valence electrons. The molecule has 2 aliphatic rings. The number of rotatable bonds is 6. The van der Waals surface area contributed by atoms with Crippen molar-refractivity contribution in [1.82, 2.24) is 14.8 Å². The van der Waals surface area contributed by atoms with Crippen molar-refractivity contribution in [3.8, 4) is 0 Å². The molecule has 0 radical (unpaired) electrons. The largest absolute Gasteiger partial charge is 0.349 e. The number of hydrogen-bond acceptors (Lipinski definition) is 3. The zero-order chi connectivity index (χ0) is 17.3. The third-order valence-corrected chi connectivity index (χ3v) is 5.40. The summed E-state index contributed by atoms with van der Waals surface area (Å²) in [6.45, 7) is 9.29. The number of carbonyl (C=O) groups is 1. The summed E-state index contributed by atoms with van der Waals surface area (Å²) >= 11 is 0. The molecule has 3 rings (SSSR count). The van der Waals surface area contributed by atoms with Gasteiger partial charge in [-0.3, -0.25) is 14.5 Å². The molecular formula is C19H29N3O2. The number of amides is 1. The van der Waals surface area contributed by atoms with Gasteiger partial charge < -0.3 is 9.88 Å². The molecule has 1 saturated heterocycles. The lowest BCUT2D eigenvalue weighted by Crippen LogP contribution is -2.37. The third-order valence-electron chi connectivity index (χ3n) is 5.40. The summed E-state index contributed by atoms with van der Waals surface area (Å²) in [5.41, 5.74) is 2.07. The van der Waals surface area contributed by atoms with Crippen molar-refractivity contribution in [1.29, 1.82) is 0 Å². The van der Waals surface area contributed by atoms with E-state index in [2.05, 4.69) is 21.7 Å². The average Bonchev–Trinajstić information content (AvgIpc) is 3.24. The molecule has 0 spiro atoms. The van der Waals surface area contributed by atoms with Gasteiger partial charge in [0.25, 0.3) is 5.91 Å². The van der Waals surface area contributed by atoms with Crippen LogP contribution >= 0.6 is 0 Å². The van der Waals surface area contributed by atoms with E-state index in [0.717, 1.165) is 43.9 Å². The number of likely N-dealkylation sites (tertiary alicyclic amines) is 1. The van der Waals surface area contributed by atoms with E-state index in [-0.39, 0.29) is 17.4 Å². The molecule has 1 amide bonds. The topological polar surface area (TPSA) is 54.3 Å². The second kappa shape index (κ2) is 7.09. The maximum absolute atomic E-state index is 12.6. The van der Waals surface area contributed by atoms with Crippen LogP contribution in [0.4, 0.5) is 0 Å². The van der Waals surface area contributed by atoms with E-state index >= 15 is 0 Å². The molecule has 1 aliphatic heterocycles. The Hall–Kier alpha value is -1.62. The molecule has 2 fully saturated rings. The number of aromatic nitrogens is 1. The van der Waals surface area contributed by atoms with Crippen molar-refractivity contribution in [2.75, 3.05) is 13.1 Å². The molecule has 0 aromatic carbocycles. The van der Waals surface area contributed by atoms with Crippen LogP contribution in [0.25, 0.3) is 0 Å². The van der Waals surface area contributed by atoms with Crippen LogP contribution in [0.1, 0.15) is 61.3 Å². The van der Waals surface area contributed by atoms with E-state index < -0.39 is 0 Å². The van der Waals surface area contributed by atoms with Gasteiger partial charge >= 0.3 is 0 Å². The van der Waals surface area contributed by atoms with Gasteiger partial charge in [-0.05, 0) is 52.1 Å². The number of pyridine rings is 1. The van der Waals surface area contributed by atoms with Crippen LogP contribution in [0.2, 0.25) is 0 Å². The number of carbonyl (C=O) groups excluding carboxylic acids is 1. The van der Waals surface area contributed by atoms with Crippen molar-refractivity contribution in [3.63, 3.8) is 0 Å². The minimum absolute atomic E-state index is 0.141. The Kier molecular flexibility index (Phi) is 5.09. The Morgan fingerprint density at radius 1 is 1.29 bits per heavy atom. The first-order valence-corrected chi connectivity index (χ1v) is 9.33. The highest BCUT2D eigenvalue weighted by atomic mass is 16.2. The lowest BCUT2D eigenvalue weighted by atomic mass is 10.1.